The van der Waals surface area contributed by atoms with Crippen LogP contribution in [-0.4, -0.2) is 21.9 Å². The van der Waals surface area contributed by atoms with Crippen molar-refractivity contribution in [2.24, 2.45) is 0 Å². The van der Waals surface area contributed by atoms with E-state index in [2.05, 4.69) is 10.3 Å². The number of thioether (sulfide) groups is 1. The van der Waals surface area contributed by atoms with Crippen LogP contribution in [0.25, 0.3) is 17.5 Å². The van der Waals surface area contributed by atoms with Crippen molar-refractivity contribution in [1.82, 2.24) is 10.3 Å². The van der Waals surface area contributed by atoms with E-state index < -0.39 is 5.91 Å². The highest BCUT2D eigenvalue weighted by atomic mass is 32.2. The molecule has 1 saturated heterocycles. The molecule has 0 saturated carbocycles. The summed E-state index contributed by atoms with van der Waals surface area (Å²) in [6.07, 6.45) is 2.43. The Balaban J connectivity index is 1.40. The zero-order valence-electron chi connectivity index (χ0n) is 16.2. The van der Waals surface area contributed by atoms with E-state index in [1.165, 1.54) is 0 Å². The van der Waals surface area contributed by atoms with Crippen molar-refractivity contribution < 1.29 is 18.8 Å². The summed E-state index contributed by atoms with van der Waals surface area (Å²) >= 11 is 0.865. The summed E-state index contributed by atoms with van der Waals surface area (Å²) in [5, 5.41) is 1.84. The van der Waals surface area contributed by atoms with E-state index in [4.69, 9.17) is 4.42 Å². The molecule has 0 aliphatic carbocycles. The number of ketones is 1. The Kier molecular flexibility index (Phi) is 5.63. The summed E-state index contributed by atoms with van der Waals surface area (Å²) in [6.45, 7) is 1.85. The lowest BCUT2D eigenvalue weighted by Gasteiger charge is -2.02. The highest BCUT2D eigenvalue weighted by molar-refractivity contribution is 8.18. The smallest absolute Gasteiger partial charge is 0.290 e. The molecule has 0 spiro atoms. The lowest BCUT2D eigenvalue weighted by molar-refractivity contribution is -0.115. The van der Waals surface area contributed by atoms with Crippen molar-refractivity contribution in [1.29, 1.82) is 0 Å². The van der Waals surface area contributed by atoms with E-state index in [-0.39, 0.29) is 11.0 Å². The van der Waals surface area contributed by atoms with Crippen molar-refractivity contribution in [3.63, 3.8) is 0 Å². The Morgan fingerprint density at radius 1 is 1.10 bits per heavy atom. The van der Waals surface area contributed by atoms with Gasteiger partial charge in [-0.2, -0.15) is 0 Å². The van der Waals surface area contributed by atoms with Gasteiger partial charge in [0, 0.05) is 24.0 Å². The summed E-state index contributed by atoms with van der Waals surface area (Å²) in [7, 11) is 0. The number of hydrogen-bond acceptors (Lipinski definition) is 6. The van der Waals surface area contributed by atoms with E-state index in [1.807, 2.05) is 37.3 Å². The lowest BCUT2D eigenvalue weighted by atomic mass is 10.0. The molecule has 1 aliphatic heterocycles. The first-order chi connectivity index (χ1) is 14.5. The third-order valence-corrected chi connectivity index (χ3v) is 5.49. The SMILES string of the molecule is Cc1oc(-c2ccccc2)nc1CCC(=O)c1ccc(C=C2SC(=O)NC2=O)cc1. The summed E-state index contributed by atoms with van der Waals surface area (Å²) in [6, 6.07) is 16.6. The van der Waals surface area contributed by atoms with Crippen molar-refractivity contribution >= 4 is 34.8 Å². The van der Waals surface area contributed by atoms with Crippen molar-refractivity contribution in [3.05, 3.63) is 82.1 Å². The maximum absolute atomic E-state index is 12.6. The number of oxazole rings is 1. The van der Waals surface area contributed by atoms with Crippen LogP contribution in [0.4, 0.5) is 4.79 Å². The predicted molar refractivity (Wildman–Crippen MR) is 115 cm³/mol. The number of aryl methyl sites for hydroxylation is 2. The van der Waals surface area contributed by atoms with Crippen LogP contribution in [0, 0.1) is 6.92 Å². The van der Waals surface area contributed by atoms with Crippen LogP contribution in [0.1, 0.15) is 33.8 Å². The normalized spacial score (nSPS) is 14.9. The number of aromatic nitrogens is 1. The first kappa shape index (κ1) is 19.8. The van der Waals surface area contributed by atoms with Crippen LogP contribution in [0.3, 0.4) is 0 Å². The Morgan fingerprint density at radius 3 is 2.50 bits per heavy atom. The number of nitrogens with one attached hydrogen (secondary N) is 1. The highest BCUT2D eigenvalue weighted by Crippen LogP contribution is 2.26. The number of imide groups is 1. The maximum atomic E-state index is 12.6. The van der Waals surface area contributed by atoms with E-state index in [0.29, 0.717) is 35.0 Å². The van der Waals surface area contributed by atoms with Gasteiger partial charge in [-0.05, 0) is 42.5 Å². The van der Waals surface area contributed by atoms with Crippen LogP contribution in [-0.2, 0) is 11.2 Å². The molecule has 1 N–H and O–H groups in total. The Bertz CT molecular complexity index is 1150. The van der Waals surface area contributed by atoms with Gasteiger partial charge in [-0.3, -0.25) is 19.7 Å². The molecule has 0 bridgehead atoms. The average Bonchev–Trinajstić information content (AvgIpc) is 3.28. The standard InChI is InChI=1S/C23H18N2O4S/c1-14-18(24-22(29-14)17-5-3-2-4-6-17)11-12-19(26)16-9-7-15(8-10-16)13-20-21(27)25-23(28)30-20/h2-10,13H,11-12H2,1H3,(H,25,27,28). The fourth-order valence-electron chi connectivity index (χ4n) is 3.08. The largest absolute Gasteiger partial charge is 0.441 e. The molecule has 6 nitrogen and oxygen atoms in total. The fraction of sp³-hybridized carbons (Fsp3) is 0.130. The Hall–Kier alpha value is -3.45. The molecule has 0 unspecified atom stereocenters. The molecule has 150 valence electrons. The number of rotatable bonds is 6. The Morgan fingerprint density at radius 2 is 1.83 bits per heavy atom. The second kappa shape index (κ2) is 8.51. The molecule has 1 fully saturated rings. The van der Waals surface area contributed by atoms with Crippen molar-refractivity contribution in [2.45, 2.75) is 19.8 Å². The molecule has 1 aliphatic rings. The van der Waals surface area contributed by atoms with Crippen molar-refractivity contribution in [3.8, 4) is 11.5 Å². The first-order valence-corrected chi connectivity index (χ1v) is 10.2. The minimum Gasteiger partial charge on any atom is -0.441 e. The van der Waals surface area contributed by atoms with Gasteiger partial charge in [-0.15, -0.1) is 0 Å². The lowest BCUT2D eigenvalue weighted by Crippen LogP contribution is -2.17. The maximum Gasteiger partial charge on any atom is 0.290 e. The van der Waals surface area contributed by atoms with Gasteiger partial charge < -0.3 is 4.42 Å². The summed E-state index contributed by atoms with van der Waals surface area (Å²) in [4.78, 5) is 40.3. The molecule has 2 aromatic carbocycles. The molecule has 7 heteroatoms. The summed E-state index contributed by atoms with van der Waals surface area (Å²) < 4.78 is 5.75. The molecule has 4 rings (SSSR count). The van der Waals surface area contributed by atoms with Gasteiger partial charge in [0.25, 0.3) is 11.1 Å². The Labute approximate surface area is 177 Å². The van der Waals surface area contributed by atoms with Gasteiger partial charge in [0.15, 0.2) is 5.78 Å². The van der Waals surface area contributed by atoms with Crippen molar-refractivity contribution in [2.75, 3.05) is 0 Å². The zero-order chi connectivity index (χ0) is 21.1. The zero-order valence-corrected chi connectivity index (χ0v) is 17.0. The van der Waals surface area contributed by atoms with Gasteiger partial charge in [-0.25, -0.2) is 4.98 Å². The van der Waals surface area contributed by atoms with Gasteiger partial charge in [-0.1, -0.05) is 42.5 Å². The number of amides is 2. The van der Waals surface area contributed by atoms with Crippen LogP contribution in [0.5, 0.6) is 0 Å². The second-order valence-electron chi connectivity index (χ2n) is 6.79. The number of hydrogen-bond donors (Lipinski definition) is 1. The van der Waals surface area contributed by atoms with Crippen LogP contribution in [0.2, 0.25) is 0 Å². The van der Waals surface area contributed by atoms with Crippen LogP contribution >= 0.6 is 11.8 Å². The first-order valence-electron chi connectivity index (χ1n) is 9.39. The van der Waals surface area contributed by atoms with E-state index in [0.717, 1.165) is 28.6 Å². The number of nitrogens with zero attached hydrogens (tertiary/aromatic N) is 1. The summed E-state index contributed by atoms with van der Waals surface area (Å²) in [5.41, 5.74) is 3.01. The van der Waals surface area contributed by atoms with Gasteiger partial charge >= 0.3 is 0 Å². The predicted octanol–water partition coefficient (Wildman–Crippen LogP) is 4.79. The van der Waals surface area contributed by atoms with Gasteiger partial charge in [0.2, 0.25) is 5.89 Å². The van der Waals surface area contributed by atoms with E-state index in [1.54, 1.807) is 30.3 Å². The molecule has 2 heterocycles. The molecule has 0 radical (unpaired) electrons. The molecule has 2 amide bonds. The molecule has 30 heavy (non-hydrogen) atoms. The second-order valence-corrected chi connectivity index (χ2v) is 7.80. The third-order valence-electron chi connectivity index (χ3n) is 4.67. The minimum absolute atomic E-state index is 0.000950. The third kappa shape index (κ3) is 4.41. The molecule has 0 atom stereocenters. The molecule has 1 aromatic heterocycles. The van der Waals surface area contributed by atoms with Gasteiger partial charge in [0.1, 0.15) is 5.76 Å². The van der Waals surface area contributed by atoms with Gasteiger partial charge in [0.05, 0.1) is 10.6 Å². The highest BCUT2D eigenvalue weighted by Gasteiger charge is 2.24. The quantitative estimate of drug-likeness (QED) is 0.457. The van der Waals surface area contributed by atoms with E-state index >= 15 is 0 Å². The summed E-state index contributed by atoms with van der Waals surface area (Å²) in [5.74, 6) is 0.870. The van der Waals surface area contributed by atoms with E-state index in [9.17, 15) is 14.4 Å². The van der Waals surface area contributed by atoms with Crippen LogP contribution < -0.4 is 5.32 Å². The monoisotopic (exact) mass is 418 g/mol. The number of benzene rings is 2. The minimum atomic E-state index is -0.400. The molecular weight excluding hydrogens is 400 g/mol. The van der Waals surface area contributed by atoms with Crippen LogP contribution in [0.15, 0.2) is 63.9 Å². The fourth-order valence-corrected chi connectivity index (χ4v) is 3.76. The average molecular weight is 418 g/mol. The topological polar surface area (TPSA) is 89.3 Å². The number of Topliss-reactive ketones (excluding diaryl/α,β-unsaturated/α-hetero) is 1. The molecular formula is C23H18N2O4S. The number of carbonyl (C=O) groups excluding carboxylic acids is 3. The molecule has 3 aromatic rings. The number of carbonyl (C=O) groups is 3.